The average Bonchev–Trinajstić information content (AvgIpc) is 2.74. The zero-order valence-corrected chi connectivity index (χ0v) is 12.3. The van der Waals surface area contributed by atoms with Gasteiger partial charge in [-0.15, -0.1) is 11.3 Å². The highest BCUT2D eigenvalue weighted by Gasteiger charge is 2.26. The van der Waals surface area contributed by atoms with Crippen LogP contribution in [-0.2, 0) is 11.2 Å². The molecule has 1 N–H and O–H groups in total. The molecule has 2 rings (SSSR count). The topological polar surface area (TPSA) is 32.3 Å². The molecule has 0 spiro atoms. The Kier molecular flexibility index (Phi) is 4.59. The molecule has 1 fully saturated rings. The van der Waals surface area contributed by atoms with Crippen molar-refractivity contribution in [3.63, 3.8) is 0 Å². The number of nitrogens with one attached hydrogen (secondary N) is 1. The van der Waals surface area contributed by atoms with Crippen LogP contribution < -0.4 is 5.32 Å². The SMILES string of the molecule is CNC1CCCN(CCc2ccc(Br)s2)C1=O. The number of hydrogen-bond donors (Lipinski definition) is 1. The first-order chi connectivity index (χ1) is 8.20. The maximum atomic E-state index is 12.0. The monoisotopic (exact) mass is 316 g/mol. The summed E-state index contributed by atoms with van der Waals surface area (Å²) in [5, 5.41) is 3.09. The smallest absolute Gasteiger partial charge is 0.239 e. The fourth-order valence-corrected chi connectivity index (χ4v) is 3.63. The maximum Gasteiger partial charge on any atom is 0.239 e. The van der Waals surface area contributed by atoms with Crippen molar-refractivity contribution in [1.82, 2.24) is 10.2 Å². The Labute approximate surface area is 114 Å². The van der Waals surface area contributed by atoms with Gasteiger partial charge in [0.15, 0.2) is 0 Å². The van der Waals surface area contributed by atoms with E-state index in [9.17, 15) is 4.79 Å². The first-order valence-corrected chi connectivity index (χ1v) is 7.52. The average molecular weight is 317 g/mol. The van der Waals surface area contributed by atoms with E-state index >= 15 is 0 Å². The van der Waals surface area contributed by atoms with Gasteiger partial charge in [-0.05, 0) is 54.4 Å². The molecule has 94 valence electrons. The van der Waals surface area contributed by atoms with E-state index in [1.54, 1.807) is 11.3 Å². The largest absolute Gasteiger partial charge is 0.341 e. The molecule has 1 saturated heterocycles. The highest BCUT2D eigenvalue weighted by atomic mass is 79.9. The van der Waals surface area contributed by atoms with Crippen LogP contribution >= 0.6 is 27.3 Å². The molecular formula is C12H17BrN2OS. The minimum atomic E-state index is 0.0267. The van der Waals surface area contributed by atoms with Crippen molar-refractivity contribution in [2.24, 2.45) is 0 Å². The van der Waals surface area contributed by atoms with Gasteiger partial charge in [-0.25, -0.2) is 0 Å². The Bertz CT molecular complexity index is 394. The van der Waals surface area contributed by atoms with Gasteiger partial charge in [-0.3, -0.25) is 4.79 Å². The van der Waals surface area contributed by atoms with Crippen molar-refractivity contribution >= 4 is 33.2 Å². The van der Waals surface area contributed by atoms with Gasteiger partial charge in [0.2, 0.25) is 5.91 Å². The summed E-state index contributed by atoms with van der Waals surface area (Å²) in [6, 6.07) is 4.21. The lowest BCUT2D eigenvalue weighted by atomic mass is 10.0. The Hall–Kier alpha value is -0.390. The fraction of sp³-hybridized carbons (Fsp3) is 0.583. The van der Waals surface area contributed by atoms with E-state index < -0.39 is 0 Å². The Morgan fingerprint density at radius 2 is 2.41 bits per heavy atom. The van der Waals surface area contributed by atoms with Crippen LogP contribution in [0.3, 0.4) is 0 Å². The summed E-state index contributed by atoms with van der Waals surface area (Å²) in [5.41, 5.74) is 0. The van der Waals surface area contributed by atoms with Crippen molar-refractivity contribution in [2.45, 2.75) is 25.3 Å². The molecule has 0 radical (unpaired) electrons. The van der Waals surface area contributed by atoms with Crippen molar-refractivity contribution in [1.29, 1.82) is 0 Å². The molecule has 0 saturated carbocycles. The second-order valence-corrected chi connectivity index (χ2v) is 6.81. The van der Waals surface area contributed by atoms with Gasteiger partial charge in [0, 0.05) is 18.0 Å². The fourth-order valence-electron chi connectivity index (χ4n) is 2.16. The van der Waals surface area contributed by atoms with Crippen LogP contribution in [0.5, 0.6) is 0 Å². The number of piperidine rings is 1. The molecule has 3 nitrogen and oxygen atoms in total. The molecule has 5 heteroatoms. The van der Waals surface area contributed by atoms with E-state index in [2.05, 4.69) is 33.4 Å². The summed E-state index contributed by atoms with van der Waals surface area (Å²) < 4.78 is 1.16. The van der Waals surface area contributed by atoms with Gasteiger partial charge in [-0.1, -0.05) is 0 Å². The summed E-state index contributed by atoms with van der Waals surface area (Å²) in [7, 11) is 1.86. The summed E-state index contributed by atoms with van der Waals surface area (Å²) >= 11 is 5.21. The third-order valence-corrected chi connectivity index (χ3v) is 4.82. The lowest BCUT2D eigenvalue weighted by Crippen LogP contribution is -2.50. The molecule has 0 aromatic carbocycles. The highest BCUT2D eigenvalue weighted by Crippen LogP contribution is 2.23. The molecule has 1 aromatic heterocycles. The van der Waals surface area contributed by atoms with Gasteiger partial charge in [0.25, 0.3) is 0 Å². The lowest BCUT2D eigenvalue weighted by molar-refractivity contribution is -0.135. The number of likely N-dealkylation sites (N-methyl/N-ethyl adjacent to an activating group) is 1. The van der Waals surface area contributed by atoms with Crippen LogP contribution in [0.2, 0.25) is 0 Å². The zero-order valence-electron chi connectivity index (χ0n) is 9.91. The minimum Gasteiger partial charge on any atom is -0.341 e. The van der Waals surface area contributed by atoms with E-state index in [1.807, 2.05) is 11.9 Å². The third-order valence-electron chi connectivity index (χ3n) is 3.14. The van der Waals surface area contributed by atoms with Gasteiger partial charge in [0.05, 0.1) is 9.83 Å². The van der Waals surface area contributed by atoms with Crippen LogP contribution in [0.4, 0.5) is 0 Å². The predicted molar refractivity (Wildman–Crippen MR) is 74.4 cm³/mol. The molecule has 2 heterocycles. The molecule has 1 amide bonds. The van der Waals surface area contributed by atoms with Gasteiger partial charge in [0.1, 0.15) is 0 Å². The maximum absolute atomic E-state index is 12.0. The van der Waals surface area contributed by atoms with Crippen molar-refractivity contribution in [3.05, 3.63) is 20.8 Å². The number of carbonyl (C=O) groups is 1. The quantitative estimate of drug-likeness (QED) is 0.924. The van der Waals surface area contributed by atoms with Gasteiger partial charge >= 0.3 is 0 Å². The summed E-state index contributed by atoms with van der Waals surface area (Å²) in [6.07, 6.45) is 3.03. The number of hydrogen-bond acceptors (Lipinski definition) is 3. The predicted octanol–water partition coefficient (Wildman–Crippen LogP) is 2.26. The first-order valence-electron chi connectivity index (χ1n) is 5.91. The van der Waals surface area contributed by atoms with Crippen LogP contribution in [0.25, 0.3) is 0 Å². The standard InChI is InChI=1S/C12H17BrN2OS/c1-14-10-3-2-7-15(12(10)16)8-6-9-4-5-11(13)17-9/h4-5,10,14H,2-3,6-8H2,1H3. The normalized spacial score (nSPS) is 20.9. The summed E-state index contributed by atoms with van der Waals surface area (Å²) in [5.74, 6) is 0.259. The van der Waals surface area contributed by atoms with Crippen LogP contribution in [0.15, 0.2) is 15.9 Å². The van der Waals surface area contributed by atoms with Gasteiger partial charge in [-0.2, -0.15) is 0 Å². The van der Waals surface area contributed by atoms with Gasteiger partial charge < -0.3 is 10.2 Å². The lowest BCUT2D eigenvalue weighted by Gasteiger charge is -2.32. The summed E-state index contributed by atoms with van der Waals surface area (Å²) in [4.78, 5) is 15.4. The number of halogens is 1. The van der Waals surface area contributed by atoms with Crippen molar-refractivity contribution in [3.8, 4) is 0 Å². The summed E-state index contributed by atoms with van der Waals surface area (Å²) in [6.45, 7) is 1.74. The van der Waals surface area contributed by atoms with Crippen LogP contribution in [0, 0.1) is 0 Å². The number of likely N-dealkylation sites (tertiary alicyclic amines) is 1. The number of amides is 1. The van der Waals surface area contributed by atoms with E-state index in [0.717, 1.165) is 36.1 Å². The van der Waals surface area contributed by atoms with Crippen molar-refractivity contribution in [2.75, 3.05) is 20.1 Å². The number of rotatable bonds is 4. The van der Waals surface area contributed by atoms with E-state index in [0.29, 0.717) is 0 Å². The van der Waals surface area contributed by atoms with E-state index in [1.165, 1.54) is 4.88 Å². The first kappa shape index (κ1) is 13.1. The van der Waals surface area contributed by atoms with Crippen LogP contribution in [-0.4, -0.2) is 37.0 Å². The second-order valence-electron chi connectivity index (χ2n) is 4.26. The number of carbonyl (C=O) groups excluding carboxylic acids is 1. The highest BCUT2D eigenvalue weighted by molar-refractivity contribution is 9.11. The molecule has 1 aromatic rings. The van der Waals surface area contributed by atoms with E-state index in [4.69, 9.17) is 0 Å². The minimum absolute atomic E-state index is 0.0267. The second kappa shape index (κ2) is 5.98. The molecule has 1 aliphatic heterocycles. The molecule has 0 bridgehead atoms. The Morgan fingerprint density at radius 3 is 3.06 bits per heavy atom. The molecule has 0 aliphatic carbocycles. The molecular weight excluding hydrogens is 300 g/mol. The Morgan fingerprint density at radius 1 is 1.59 bits per heavy atom. The number of thiophene rings is 1. The Balaban J connectivity index is 1.88. The molecule has 1 aliphatic rings. The molecule has 1 unspecified atom stereocenters. The zero-order chi connectivity index (χ0) is 12.3. The van der Waals surface area contributed by atoms with Crippen molar-refractivity contribution < 1.29 is 4.79 Å². The molecule has 17 heavy (non-hydrogen) atoms. The third kappa shape index (κ3) is 3.30. The number of nitrogens with zero attached hydrogens (tertiary/aromatic N) is 1. The van der Waals surface area contributed by atoms with E-state index in [-0.39, 0.29) is 11.9 Å². The van der Waals surface area contributed by atoms with Crippen LogP contribution in [0.1, 0.15) is 17.7 Å². The molecule has 1 atom stereocenters.